The van der Waals surface area contributed by atoms with Crippen LogP contribution in [0.4, 0.5) is 8.78 Å². The third-order valence-corrected chi connectivity index (χ3v) is 3.42. The fourth-order valence-electron chi connectivity index (χ4n) is 2.22. The first kappa shape index (κ1) is 15.3. The minimum atomic E-state index is -0.827. The maximum Gasteiger partial charge on any atom is 0.199 e. The van der Waals surface area contributed by atoms with E-state index in [-0.39, 0.29) is 5.56 Å². The van der Waals surface area contributed by atoms with Gasteiger partial charge >= 0.3 is 0 Å². The molecule has 0 aliphatic rings. The first-order chi connectivity index (χ1) is 10.1. The van der Waals surface area contributed by atoms with Gasteiger partial charge in [-0.2, -0.15) is 0 Å². The number of likely N-dealkylation sites (N-methyl/N-ethyl adjacent to an activating group) is 1. The second-order valence-electron chi connectivity index (χ2n) is 4.89. The number of hydrogen-bond acceptors (Lipinski definition) is 2. The van der Waals surface area contributed by atoms with Gasteiger partial charge in [0.15, 0.2) is 5.78 Å². The third-order valence-electron chi connectivity index (χ3n) is 3.42. The Hall–Kier alpha value is -2.07. The molecule has 2 aromatic rings. The molecular formula is C17H17F2NO. The van der Waals surface area contributed by atoms with Gasteiger partial charge < -0.3 is 5.32 Å². The van der Waals surface area contributed by atoms with Gasteiger partial charge in [0.1, 0.15) is 11.6 Å². The number of rotatable bonds is 5. The number of carbonyl (C=O) groups excluding carboxylic acids is 1. The summed E-state index contributed by atoms with van der Waals surface area (Å²) in [4.78, 5) is 12.5. The van der Waals surface area contributed by atoms with Gasteiger partial charge in [-0.25, -0.2) is 8.78 Å². The summed E-state index contributed by atoms with van der Waals surface area (Å²) >= 11 is 0. The third kappa shape index (κ3) is 3.16. The van der Waals surface area contributed by atoms with Gasteiger partial charge in [-0.3, -0.25) is 4.79 Å². The highest BCUT2D eigenvalue weighted by Gasteiger charge is 2.22. The quantitative estimate of drug-likeness (QED) is 0.856. The summed E-state index contributed by atoms with van der Waals surface area (Å²) in [6.45, 7) is 2.20. The van der Waals surface area contributed by atoms with Crippen molar-refractivity contribution in [1.29, 1.82) is 0 Å². The topological polar surface area (TPSA) is 29.1 Å². The predicted molar refractivity (Wildman–Crippen MR) is 78.6 cm³/mol. The van der Waals surface area contributed by atoms with E-state index in [0.717, 1.165) is 11.6 Å². The molecule has 0 fully saturated rings. The Bertz CT molecular complexity index is 668. The highest BCUT2D eigenvalue weighted by atomic mass is 19.1. The molecule has 0 aromatic heterocycles. The minimum absolute atomic E-state index is 0.257. The van der Waals surface area contributed by atoms with Crippen LogP contribution in [0.1, 0.15) is 27.0 Å². The van der Waals surface area contributed by atoms with E-state index in [1.54, 1.807) is 18.2 Å². The van der Waals surface area contributed by atoms with Crippen LogP contribution in [0, 0.1) is 18.6 Å². The Balaban J connectivity index is 2.48. The Kier molecular flexibility index (Phi) is 4.81. The molecule has 0 heterocycles. The lowest BCUT2D eigenvalue weighted by Crippen LogP contribution is -2.15. The Morgan fingerprint density at radius 3 is 2.57 bits per heavy atom. The lowest BCUT2D eigenvalue weighted by Gasteiger charge is -2.11. The van der Waals surface area contributed by atoms with Crippen LogP contribution in [0.5, 0.6) is 0 Å². The Morgan fingerprint density at radius 2 is 1.86 bits per heavy atom. The van der Waals surface area contributed by atoms with E-state index in [0.29, 0.717) is 18.5 Å². The van der Waals surface area contributed by atoms with Crippen LogP contribution in [0.3, 0.4) is 0 Å². The molecule has 0 spiro atoms. The summed E-state index contributed by atoms with van der Waals surface area (Å²) in [5.74, 6) is -2.23. The molecule has 0 saturated carbocycles. The predicted octanol–water partition coefficient (Wildman–Crippen LogP) is 3.27. The van der Waals surface area contributed by atoms with Crippen molar-refractivity contribution < 1.29 is 13.6 Å². The second kappa shape index (κ2) is 6.59. The molecule has 0 saturated heterocycles. The van der Waals surface area contributed by atoms with E-state index in [1.165, 1.54) is 13.0 Å². The number of aryl methyl sites for hydroxylation is 1. The van der Waals surface area contributed by atoms with Crippen LogP contribution in [0.2, 0.25) is 0 Å². The number of nitrogens with one attached hydrogen (secondary N) is 1. The molecule has 0 amide bonds. The number of halogens is 2. The van der Waals surface area contributed by atoms with Crippen LogP contribution >= 0.6 is 0 Å². The summed E-state index contributed by atoms with van der Waals surface area (Å²) in [5, 5.41) is 2.99. The van der Waals surface area contributed by atoms with Crippen molar-refractivity contribution in [3.05, 3.63) is 70.3 Å². The summed E-state index contributed by atoms with van der Waals surface area (Å²) in [6.07, 6.45) is 0.619. The molecule has 2 rings (SSSR count). The normalized spacial score (nSPS) is 10.7. The van der Waals surface area contributed by atoms with E-state index >= 15 is 0 Å². The van der Waals surface area contributed by atoms with Gasteiger partial charge in [0, 0.05) is 5.56 Å². The molecule has 1 N–H and O–H groups in total. The average Bonchev–Trinajstić information content (AvgIpc) is 2.49. The van der Waals surface area contributed by atoms with Crippen molar-refractivity contribution in [2.45, 2.75) is 13.3 Å². The summed E-state index contributed by atoms with van der Waals surface area (Å²) in [6, 6.07) is 9.37. The summed E-state index contributed by atoms with van der Waals surface area (Å²) in [7, 11) is 1.81. The molecule has 110 valence electrons. The maximum atomic E-state index is 14.1. The van der Waals surface area contributed by atoms with Crippen LogP contribution in [0.25, 0.3) is 0 Å². The first-order valence-electron chi connectivity index (χ1n) is 6.78. The van der Waals surface area contributed by atoms with Gasteiger partial charge in [0.25, 0.3) is 0 Å². The van der Waals surface area contributed by atoms with Crippen LogP contribution in [-0.4, -0.2) is 19.4 Å². The summed E-state index contributed by atoms with van der Waals surface area (Å²) in [5.41, 5.74) is 0.896. The maximum absolute atomic E-state index is 14.1. The standard InChI is InChI=1S/C17H17F2NO/c1-11-7-8-14(18)15(16(11)19)17(21)13-6-4-3-5-12(13)9-10-20-2/h3-8,20H,9-10H2,1-2H3. The SMILES string of the molecule is CNCCc1ccccc1C(=O)c1c(F)ccc(C)c1F. The lowest BCUT2D eigenvalue weighted by molar-refractivity contribution is 0.103. The van der Waals surface area contributed by atoms with E-state index in [4.69, 9.17) is 0 Å². The molecule has 0 atom stereocenters. The van der Waals surface area contributed by atoms with E-state index in [1.807, 2.05) is 13.1 Å². The van der Waals surface area contributed by atoms with Crippen molar-refractivity contribution in [2.75, 3.05) is 13.6 Å². The van der Waals surface area contributed by atoms with E-state index < -0.39 is 23.0 Å². The smallest absolute Gasteiger partial charge is 0.199 e. The monoisotopic (exact) mass is 289 g/mol. The zero-order chi connectivity index (χ0) is 15.4. The van der Waals surface area contributed by atoms with Crippen LogP contribution < -0.4 is 5.32 Å². The minimum Gasteiger partial charge on any atom is -0.319 e. The highest BCUT2D eigenvalue weighted by molar-refractivity contribution is 6.10. The van der Waals surface area contributed by atoms with Crippen molar-refractivity contribution in [2.24, 2.45) is 0 Å². The van der Waals surface area contributed by atoms with Gasteiger partial charge in [-0.1, -0.05) is 30.3 Å². The zero-order valence-electron chi connectivity index (χ0n) is 12.0. The van der Waals surface area contributed by atoms with Crippen molar-refractivity contribution in [1.82, 2.24) is 5.32 Å². The molecule has 0 bridgehead atoms. The molecule has 0 aliphatic carbocycles. The highest BCUT2D eigenvalue weighted by Crippen LogP contribution is 2.22. The second-order valence-corrected chi connectivity index (χ2v) is 4.89. The van der Waals surface area contributed by atoms with Gasteiger partial charge in [0.2, 0.25) is 0 Å². The molecule has 0 aliphatic heterocycles. The van der Waals surface area contributed by atoms with Crippen molar-refractivity contribution in [3.63, 3.8) is 0 Å². The van der Waals surface area contributed by atoms with E-state index in [2.05, 4.69) is 5.32 Å². The van der Waals surface area contributed by atoms with Crippen LogP contribution in [-0.2, 0) is 6.42 Å². The van der Waals surface area contributed by atoms with Gasteiger partial charge in [-0.15, -0.1) is 0 Å². The molecule has 4 heteroatoms. The molecule has 0 unspecified atom stereocenters. The molecule has 0 radical (unpaired) electrons. The average molecular weight is 289 g/mol. The number of ketones is 1. The van der Waals surface area contributed by atoms with E-state index in [9.17, 15) is 13.6 Å². The Morgan fingerprint density at radius 1 is 1.14 bits per heavy atom. The lowest BCUT2D eigenvalue weighted by atomic mass is 9.95. The van der Waals surface area contributed by atoms with Crippen LogP contribution in [0.15, 0.2) is 36.4 Å². The Labute approximate surface area is 122 Å². The van der Waals surface area contributed by atoms with Crippen molar-refractivity contribution >= 4 is 5.78 Å². The van der Waals surface area contributed by atoms with Crippen molar-refractivity contribution in [3.8, 4) is 0 Å². The number of benzene rings is 2. The molecule has 2 nitrogen and oxygen atoms in total. The molecule has 21 heavy (non-hydrogen) atoms. The first-order valence-corrected chi connectivity index (χ1v) is 6.78. The fraction of sp³-hybridized carbons (Fsp3) is 0.235. The van der Waals surface area contributed by atoms with Gasteiger partial charge in [-0.05, 0) is 44.1 Å². The zero-order valence-corrected chi connectivity index (χ0v) is 12.0. The number of hydrogen-bond donors (Lipinski definition) is 1. The van der Waals surface area contributed by atoms with Gasteiger partial charge in [0.05, 0.1) is 5.56 Å². The molecule has 2 aromatic carbocycles. The largest absolute Gasteiger partial charge is 0.319 e. The fourth-order valence-corrected chi connectivity index (χ4v) is 2.22. The summed E-state index contributed by atoms with van der Waals surface area (Å²) < 4.78 is 28.0. The molecular weight excluding hydrogens is 272 g/mol. The number of carbonyl (C=O) groups is 1.